The van der Waals surface area contributed by atoms with Gasteiger partial charge in [-0.15, -0.1) is 0 Å². The summed E-state index contributed by atoms with van der Waals surface area (Å²) in [6, 6.07) is 14.8. The van der Waals surface area contributed by atoms with Crippen molar-refractivity contribution in [2.24, 2.45) is 0 Å². The molecule has 1 N–H and O–H groups in total. The SMILES string of the molecule is C[C@H](Oc1ccccc1)C(=O)Nc1ccc(C(=O)[O-])cc1. The van der Waals surface area contributed by atoms with E-state index in [0.717, 1.165) is 0 Å². The molecule has 108 valence electrons. The van der Waals surface area contributed by atoms with E-state index in [9.17, 15) is 14.7 Å². The number of anilines is 1. The summed E-state index contributed by atoms with van der Waals surface area (Å²) in [5, 5.41) is 13.3. The average molecular weight is 284 g/mol. The highest BCUT2D eigenvalue weighted by Crippen LogP contribution is 2.13. The second kappa shape index (κ2) is 6.56. The first-order valence-corrected chi connectivity index (χ1v) is 6.40. The molecule has 0 spiro atoms. The summed E-state index contributed by atoms with van der Waals surface area (Å²) in [5.74, 6) is -0.971. The Hall–Kier alpha value is -2.82. The first-order chi connectivity index (χ1) is 10.1. The van der Waals surface area contributed by atoms with Gasteiger partial charge in [-0.25, -0.2) is 0 Å². The Morgan fingerprint density at radius 1 is 1.05 bits per heavy atom. The number of hydrogen-bond acceptors (Lipinski definition) is 4. The second-order valence-electron chi connectivity index (χ2n) is 4.43. The topological polar surface area (TPSA) is 78.5 Å². The summed E-state index contributed by atoms with van der Waals surface area (Å²) < 4.78 is 5.49. The smallest absolute Gasteiger partial charge is 0.265 e. The Morgan fingerprint density at radius 3 is 2.24 bits per heavy atom. The highest BCUT2D eigenvalue weighted by atomic mass is 16.5. The highest BCUT2D eigenvalue weighted by Gasteiger charge is 2.14. The monoisotopic (exact) mass is 284 g/mol. The number of nitrogens with one attached hydrogen (secondary N) is 1. The summed E-state index contributed by atoms with van der Waals surface area (Å²) in [7, 11) is 0. The number of ether oxygens (including phenoxy) is 1. The molecule has 0 bridgehead atoms. The van der Waals surface area contributed by atoms with E-state index in [2.05, 4.69) is 5.32 Å². The van der Waals surface area contributed by atoms with E-state index in [-0.39, 0.29) is 11.5 Å². The number of carbonyl (C=O) groups excluding carboxylic acids is 2. The molecule has 0 radical (unpaired) electrons. The number of carboxylic acid groups (broad SMARTS) is 1. The molecule has 21 heavy (non-hydrogen) atoms. The van der Waals surface area contributed by atoms with Crippen molar-refractivity contribution in [1.29, 1.82) is 0 Å². The quantitative estimate of drug-likeness (QED) is 0.901. The summed E-state index contributed by atoms with van der Waals surface area (Å²) in [4.78, 5) is 22.6. The van der Waals surface area contributed by atoms with Gasteiger partial charge in [0, 0.05) is 5.69 Å². The van der Waals surface area contributed by atoms with Gasteiger partial charge in [-0.05, 0) is 36.8 Å². The molecular formula is C16H14NO4-. The van der Waals surface area contributed by atoms with Crippen molar-refractivity contribution in [3.8, 4) is 5.75 Å². The van der Waals surface area contributed by atoms with Gasteiger partial charge in [-0.3, -0.25) is 4.79 Å². The van der Waals surface area contributed by atoms with Gasteiger partial charge in [0.05, 0.1) is 5.97 Å². The third-order valence-electron chi connectivity index (χ3n) is 2.81. The number of para-hydroxylation sites is 1. The number of carboxylic acids is 1. The molecule has 5 heteroatoms. The Balaban J connectivity index is 1.95. The van der Waals surface area contributed by atoms with E-state index in [4.69, 9.17) is 4.74 Å². The summed E-state index contributed by atoms with van der Waals surface area (Å²) in [6.07, 6.45) is -0.673. The van der Waals surface area contributed by atoms with Crippen LogP contribution >= 0.6 is 0 Å². The van der Waals surface area contributed by atoms with Gasteiger partial charge in [0.15, 0.2) is 6.10 Å². The molecular weight excluding hydrogens is 270 g/mol. The molecule has 1 atom stereocenters. The molecule has 5 nitrogen and oxygen atoms in total. The van der Waals surface area contributed by atoms with Crippen LogP contribution in [0.15, 0.2) is 54.6 Å². The van der Waals surface area contributed by atoms with Crippen LogP contribution < -0.4 is 15.2 Å². The number of rotatable bonds is 5. The van der Waals surface area contributed by atoms with E-state index in [0.29, 0.717) is 11.4 Å². The standard InChI is InChI=1S/C16H15NO4/c1-11(21-14-5-3-2-4-6-14)15(18)17-13-9-7-12(8-10-13)16(19)20/h2-11H,1H3,(H,17,18)(H,19,20)/p-1/t11-/m0/s1. The van der Waals surface area contributed by atoms with Crippen molar-refractivity contribution in [1.82, 2.24) is 0 Å². The van der Waals surface area contributed by atoms with Crippen molar-refractivity contribution < 1.29 is 19.4 Å². The molecule has 0 aromatic heterocycles. The molecule has 2 aromatic rings. The van der Waals surface area contributed by atoms with Crippen LogP contribution in [0.1, 0.15) is 17.3 Å². The molecule has 0 aliphatic heterocycles. The molecule has 0 saturated heterocycles. The zero-order chi connectivity index (χ0) is 15.2. The first-order valence-electron chi connectivity index (χ1n) is 6.40. The maximum atomic E-state index is 12.0. The number of benzene rings is 2. The number of amides is 1. The summed E-state index contributed by atoms with van der Waals surface area (Å²) in [5.41, 5.74) is 0.551. The average Bonchev–Trinajstić information content (AvgIpc) is 2.48. The zero-order valence-electron chi connectivity index (χ0n) is 11.4. The van der Waals surface area contributed by atoms with Gasteiger partial charge in [0.25, 0.3) is 5.91 Å². The predicted molar refractivity (Wildman–Crippen MR) is 75.9 cm³/mol. The maximum Gasteiger partial charge on any atom is 0.265 e. The van der Waals surface area contributed by atoms with Crippen LogP contribution in [0.2, 0.25) is 0 Å². The predicted octanol–water partition coefficient (Wildman–Crippen LogP) is 1.46. The molecule has 0 fully saturated rings. The van der Waals surface area contributed by atoms with Gasteiger partial charge in [0.1, 0.15) is 5.75 Å². The van der Waals surface area contributed by atoms with Crippen molar-refractivity contribution in [2.45, 2.75) is 13.0 Å². The minimum absolute atomic E-state index is 0.0570. The molecule has 0 saturated carbocycles. The Labute approximate surface area is 122 Å². The molecule has 2 aromatic carbocycles. The normalized spacial score (nSPS) is 11.5. The molecule has 1 amide bonds. The van der Waals surface area contributed by atoms with Crippen LogP contribution in [-0.2, 0) is 4.79 Å². The van der Waals surface area contributed by atoms with Crippen LogP contribution in [0, 0.1) is 0 Å². The Bertz CT molecular complexity index is 622. The number of aromatic carboxylic acids is 1. The van der Waals surface area contributed by atoms with Crippen LogP contribution in [0.25, 0.3) is 0 Å². The third-order valence-corrected chi connectivity index (χ3v) is 2.81. The van der Waals surface area contributed by atoms with Crippen molar-refractivity contribution in [3.05, 3.63) is 60.2 Å². The fourth-order valence-electron chi connectivity index (χ4n) is 1.69. The number of hydrogen-bond donors (Lipinski definition) is 1. The lowest BCUT2D eigenvalue weighted by molar-refractivity contribution is -0.255. The third kappa shape index (κ3) is 4.07. The van der Waals surface area contributed by atoms with Crippen molar-refractivity contribution in [2.75, 3.05) is 5.32 Å². The largest absolute Gasteiger partial charge is 0.545 e. The van der Waals surface area contributed by atoms with Crippen molar-refractivity contribution in [3.63, 3.8) is 0 Å². The van der Waals surface area contributed by atoms with Gasteiger partial charge in [0.2, 0.25) is 0 Å². The second-order valence-corrected chi connectivity index (χ2v) is 4.43. The van der Waals surface area contributed by atoms with Crippen LogP contribution in [0.5, 0.6) is 5.75 Å². The maximum absolute atomic E-state index is 12.0. The van der Waals surface area contributed by atoms with Crippen LogP contribution in [0.3, 0.4) is 0 Å². The summed E-state index contributed by atoms with van der Waals surface area (Å²) >= 11 is 0. The number of carbonyl (C=O) groups is 2. The zero-order valence-corrected chi connectivity index (χ0v) is 11.4. The van der Waals surface area contributed by atoms with Crippen molar-refractivity contribution >= 4 is 17.6 Å². The minimum Gasteiger partial charge on any atom is -0.545 e. The molecule has 0 aliphatic rings. The Kier molecular flexibility index (Phi) is 4.56. The highest BCUT2D eigenvalue weighted by molar-refractivity contribution is 5.94. The lowest BCUT2D eigenvalue weighted by Gasteiger charge is -2.15. The van der Waals surface area contributed by atoms with E-state index in [1.165, 1.54) is 24.3 Å². The lowest BCUT2D eigenvalue weighted by atomic mass is 10.2. The fraction of sp³-hybridized carbons (Fsp3) is 0.125. The molecule has 2 rings (SSSR count). The van der Waals surface area contributed by atoms with Crippen LogP contribution in [0.4, 0.5) is 5.69 Å². The summed E-state index contributed by atoms with van der Waals surface area (Å²) in [6.45, 7) is 1.64. The van der Waals surface area contributed by atoms with Crippen LogP contribution in [-0.4, -0.2) is 18.0 Å². The van der Waals surface area contributed by atoms with E-state index >= 15 is 0 Å². The molecule has 0 heterocycles. The van der Waals surface area contributed by atoms with E-state index < -0.39 is 12.1 Å². The van der Waals surface area contributed by atoms with E-state index in [1.807, 2.05) is 18.2 Å². The van der Waals surface area contributed by atoms with Gasteiger partial charge in [-0.2, -0.15) is 0 Å². The Morgan fingerprint density at radius 2 is 1.67 bits per heavy atom. The first kappa shape index (κ1) is 14.6. The fourth-order valence-corrected chi connectivity index (χ4v) is 1.69. The molecule has 0 unspecified atom stereocenters. The minimum atomic E-state index is -1.26. The lowest BCUT2D eigenvalue weighted by Crippen LogP contribution is -2.30. The van der Waals surface area contributed by atoms with Gasteiger partial charge in [-0.1, -0.05) is 30.3 Å². The van der Waals surface area contributed by atoms with E-state index in [1.54, 1.807) is 19.1 Å². The van der Waals surface area contributed by atoms with Gasteiger partial charge < -0.3 is 20.0 Å². The van der Waals surface area contributed by atoms with Gasteiger partial charge >= 0.3 is 0 Å². The molecule has 0 aliphatic carbocycles.